The molecule has 0 spiro atoms. The Hall–Kier alpha value is -2.57. The maximum Gasteiger partial charge on any atom is 0.262 e. The van der Waals surface area contributed by atoms with Crippen LogP contribution in [0.25, 0.3) is 0 Å². The van der Waals surface area contributed by atoms with E-state index in [-0.39, 0.29) is 23.3 Å². The molecule has 0 aliphatic rings. The minimum absolute atomic E-state index is 0.0228. The molecule has 0 radical (unpaired) electrons. The molecule has 0 saturated heterocycles. The normalized spacial score (nSPS) is 10.3. The van der Waals surface area contributed by atoms with Gasteiger partial charge in [0.1, 0.15) is 11.6 Å². The number of aryl methyl sites for hydroxylation is 1. The molecule has 0 unspecified atom stereocenters. The Balaban J connectivity index is 1.60. The van der Waals surface area contributed by atoms with Gasteiger partial charge in [-0.1, -0.05) is 41.9 Å². The number of nitrogens with one attached hydrogen (secondary N) is 2. The summed E-state index contributed by atoms with van der Waals surface area (Å²) in [6, 6.07) is 11.2. The molecule has 2 aromatic carbocycles. The van der Waals surface area contributed by atoms with E-state index in [0.29, 0.717) is 36.5 Å². The van der Waals surface area contributed by atoms with E-state index in [4.69, 9.17) is 27.9 Å². The van der Waals surface area contributed by atoms with Crippen LogP contribution >= 0.6 is 23.2 Å². The summed E-state index contributed by atoms with van der Waals surface area (Å²) in [6.45, 7) is 3.80. The smallest absolute Gasteiger partial charge is 0.262 e. The van der Waals surface area contributed by atoms with Crippen molar-refractivity contribution in [2.45, 2.75) is 19.3 Å². The third-order valence-corrected chi connectivity index (χ3v) is 4.44. The molecule has 0 aliphatic heterocycles. The molecule has 0 fully saturated rings. The summed E-state index contributed by atoms with van der Waals surface area (Å²) < 4.78 is 18.5. The third-order valence-electron chi connectivity index (χ3n) is 3.88. The van der Waals surface area contributed by atoms with Gasteiger partial charge in [-0.2, -0.15) is 0 Å². The fourth-order valence-electron chi connectivity index (χ4n) is 2.36. The summed E-state index contributed by atoms with van der Waals surface area (Å²) >= 11 is 11.4. The van der Waals surface area contributed by atoms with Gasteiger partial charge in [-0.15, -0.1) is 0 Å². The summed E-state index contributed by atoms with van der Waals surface area (Å²) in [5.41, 5.74) is 1.47. The van der Waals surface area contributed by atoms with Crippen molar-refractivity contribution in [2.75, 3.05) is 13.2 Å². The predicted octanol–water partition coefficient (Wildman–Crippen LogP) is 4.28. The number of amides is 2. The zero-order valence-electron chi connectivity index (χ0n) is 15.6. The molecule has 0 heterocycles. The Morgan fingerprint density at radius 3 is 2.45 bits per heavy atom. The van der Waals surface area contributed by atoms with E-state index in [1.165, 1.54) is 12.1 Å². The number of carbonyl (C=O) groups excluding carboxylic acids is 2. The Morgan fingerprint density at radius 2 is 1.76 bits per heavy atom. The lowest BCUT2D eigenvalue weighted by molar-refractivity contribution is -0.122. The van der Waals surface area contributed by atoms with Crippen molar-refractivity contribution in [3.05, 3.63) is 76.2 Å². The number of rotatable bonds is 10. The predicted molar refractivity (Wildman–Crippen MR) is 112 cm³/mol. The van der Waals surface area contributed by atoms with Gasteiger partial charge in [-0.3, -0.25) is 9.59 Å². The first-order valence-corrected chi connectivity index (χ1v) is 9.65. The van der Waals surface area contributed by atoms with E-state index in [1.54, 1.807) is 12.1 Å². The lowest BCUT2D eigenvalue weighted by Crippen LogP contribution is -2.31. The van der Waals surface area contributed by atoms with Crippen LogP contribution in [0.5, 0.6) is 5.75 Å². The third kappa shape index (κ3) is 8.54. The number of benzene rings is 2. The van der Waals surface area contributed by atoms with Gasteiger partial charge >= 0.3 is 0 Å². The lowest BCUT2D eigenvalue weighted by Gasteiger charge is -2.11. The highest BCUT2D eigenvalue weighted by Crippen LogP contribution is 2.20. The molecule has 0 atom stereocenters. The van der Waals surface area contributed by atoms with Crippen LogP contribution in [0.1, 0.15) is 18.4 Å². The molecule has 5 nitrogen and oxygen atoms in total. The van der Waals surface area contributed by atoms with E-state index in [2.05, 4.69) is 17.2 Å². The second-order valence-corrected chi connectivity index (χ2v) is 7.09. The monoisotopic (exact) mass is 438 g/mol. The standard InChI is InChI=1S/C21H21Cl2FN2O3/c1-14(26-21(28)13-29-17-7-8-18(23)19(24)12-17)10-11-25-20(27)9-4-15-2-5-16(22)6-3-15/h2-3,5-8,12H,1,4,9-11,13H2,(H,25,27)(H,26,28). The zero-order chi connectivity index (χ0) is 21.2. The topological polar surface area (TPSA) is 67.4 Å². The van der Waals surface area contributed by atoms with E-state index in [9.17, 15) is 14.0 Å². The largest absolute Gasteiger partial charge is 0.484 e. The van der Waals surface area contributed by atoms with Crippen molar-refractivity contribution in [3.63, 3.8) is 0 Å². The van der Waals surface area contributed by atoms with Gasteiger partial charge in [0.25, 0.3) is 5.91 Å². The van der Waals surface area contributed by atoms with Crippen molar-refractivity contribution in [1.82, 2.24) is 10.6 Å². The van der Waals surface area contributed by atoms with Crippen LogP contribution in [-0.2, 0) is 16.0 Å². The average molecular weight is 439 g/mol. The van der Waals surface area contributed by atoms with Crippen molar-refractivity contribution in [1.29, 1.82) is 0 Å². The highest BCUT2D eigenvalue weighted by atomic mass is 35.5. The van der Waals surface area contributed by atoms with Crippen LogP contribution in [0.3, 0.4) is 0 Å². The molecule has 2 amide bonds. The Morgan fingerprint density at radius 1 is 1.03 bits per heavy atom. The maximum absolute atomic E-state index is 13.3. The van der Waals surface area contributed by atoms with Crippen LogP contribution < -0.4 is 15.4 Å². The van der Waals surface area contributed by atoms with Gasteiger partial charge in [0.2, 0.25) is 5.91 Å². The first-order valence-electron chi connectivity index (χ1n) is 8.90. The van der Waals surface area contributed by atoms with Gasteiger partial charge in [-0.05, 0) is 36.2 Å². The van der Waals surface area contributed by atoms with E-state index >= 15 is 0 Å². The molecular formula is C21H21Cl2FN2O3. The summed E-state index contributed by atoms with van der Waals surface area (Å²) in [4.78, 5) is 23.7. The molecule has 2 rings (SSSR count). The van der Waals surface area contributed by atoms with Crippen molar-refractivity contribution in [2.24, 2.45) is 0 Å². The highest BCUT2D eigenvalue weighted by molar-refractivity contribution is 6.30. The van der Waals surface area contributed by atoms with Gasteiger partial charge in [-0.25, -0.2) is 4.39 Å². The van der Waals surface area contributed by atoms with Crippen molar-refractivity contribution < 1.29 is 18.7 Å². The molecule has 154 valence electrons. The number of halogens is 3. The summed E-state index contributed by atoms with van der Waals surface area (Å²) in [6.07, 6.45) is 1.35. The lowest BCUT2D eigenvalue weighted by atomic mass is 10.1. The van der Waals surface area contributed by atoms with Crippen LogP contribution in [0.4, 0.5) is 4.39 Å². The molecular weight excluding hydrogens is 418 g/mol. The van der Waals surface area contributed by atoms with Crippen molar-refractivity contribution in [3.8, 4) is 5.75 Å². The van der Waals surface area contributed by atoms with E-state index < -0.39 is 11.7 Å². The molecule has 2 aromatic rings. The number of carbonyl (C=O) groups is 2. The quantitative estimate of drug-likeness (QED) is 0.581. The Kier molecular flexibility index (Phi) is 8.96. The molecule has 8 heteroatoms. The average Bonchev–Trinajstić information content (AvgIpc) is 2.68. The summed E-state index contributed by atoms with van der Waals surface area (Å²) in [5, 5.41) is 5.98. The van der Waals surface area contributed by atoms with E-state index in [1.807, 2.05) is 12.1 Å². The Bertz CT molecular complexity index is 873. The fraction of sp³-hybridized carbons (Fsp3) is 0.238. The van der Waals surface area contributed by atoms with Crippen LogP contribution in [0, 0.1) is 5.82 Å². The molecule has 0 aliphatic carbocycles. The second-order valence-electron chi connectivity index (χ2n) is 6.24. The second kappa shape index (κ2) is 11.4. The van der Waals surface area contributed by atoms with Gasteiger partial charge in [0.15, 0.2) is 6.61 Å². The fourth-order valence-corrected chi connectivity index (χ4v) is 2.60. The zero-order valence-corrected chi connectivity index (χ0v) is 17.2. The molecule has 29 heavy (non-hydrogen) atoms. The molecule has 0 aromatic heterocycles. The number of hydrogen-bond acceptors (Lipinski definition) is 3. The molecule has 2 N–H and O–H groups in total. The van der Waals surface area contributed by atoms with Gasteiger partial charge in [0.05, 0.1) is 5.02 Å². The van der Waals surface area contributed by atoms with Gasteiger partial charge < -0.3 is 15.4 Å². The summed E-state index contributed by atoms with van der Waals surface area (Å²) in [7, 11) is 0. The minimum atomic E-state index is -0.624. The minimum Gasteiger partial charge on any atom is -0.484 e. The first kappa shape index (κ1) is 22.7. The maximum atomic E-state index is 13.3. The SMILES string of the molecule is C=C(CCNC(=O)CCc1ccc(Cl)cc1)NC(=O)COc1ccc(Cl)c(F)c1. The molecule has 0 saturated carbocycles. The molecule has 0 bridgehead atoms. The van der Waals surface area contributed by atoms with Crippen LogP contribution in [0.2, 0.25) is 10.0 Å². The first-order chi connectivity index (χ1) is 13.8. The van der Waals surface area contributed by atoms with Crippen LogP contribution in [-0.4, -0.2) is 25.0 Å². The van der Waals surface area contributed by atoms with Crippen LogP contribution in [0.15, 0.2) is 54.7 Å². The number of hydrogen-bond donors (Lipinski definition) is 2. The highest BCUT2D eigenvalue weighted by Gasteiger charge is 2.08. The van der Waals surface area contributed by atoms with E-state index in [0.717, 1.165) is 11.6 Å². The van der Waals surface area contributed by atoms with Gasteiger partial charge in [0, 0.05) is 36.2 Å². The van der Waals surface area contributed by atoms with Crippen molar-refractivity contribution >= 4 is 35.0 Å². The summed E-state index contributed by atoms with van der Waals surface area (Å²) in [5.74, 6) is -0.951. The Labute approximate surface area is 178 Å². The number of ether oxygens (including phenoxy) is 1.